The molecule has 0 bridgehead atoms. The number of oxazole rings is 1. The quantitative estimate of drug-likeness (QED) is 0.319. The first-order valence-electron chi connectivity index (χ1n) is 10.5. The zero-order valence-electron chi connectivity index (χ0n) is 17.3. The predicted molar refractivity (Wildman–Crippen MR) is 119 cm³/mol. The van der Waals surface area contributed by atoms with Crippen LogP contribution in [0.1, 0.15) is 40.7 Å². The molecule has 0 saturated carbocycles. The predicted octanol–water partition coefficient (Wildman–Crippen LogP) is 7.14. The van der Waals surface area contributed by atoms with Gasteiger partial charge in [0.25, 0.3) is 5.91 Å². The SMILES string of the molecule is O=C(c1ccccc1Cl)N1CCCC1c1nc2cc(-c3ccccc3C(F)(F)F)ccc2o1. The number of likely N-dealkylation sites (tertiary alicyclic amines) is 1. The number of hydrogen-bond donors (Lipinski definition) is 0. The van der Waals surface area contributed by atoms with E-state index in [1.165, 1.54) is 12.1 Å². The third-order valence-electron chi connectivity index (χ3n) is 5.85. The normalized spacial score (nSPS) is 16.5. The summed E-state index contributed by atoms with van der Waals surface area (Å²) in [6, 6.07) is 16.7. The Labute approximate surface area is 192 Å². The highest BCUT2D eigenvalue weighted by molar-refractivity contribution is 6.33. The molecule has 1 aromatic heterocycles. The van der Waals surface area contributed by atoms with Crippen molar-refractivity contribution in [3.8, 4) is 11.1 Å². The lowest BCUT2D eigenvalue weighted by Crippen LogP contribution is -2.30. The molecule has 33 heavy (non-hydrogen) atoms. The number of nitrogens with zero attached hydrogens (tertiary/aromatic N) is 2. The summed E-state index contributed by atoms with van der Waals surface area (Å²) in [6.07, 6.45) is -3.01. The second-order valence-corrected chi connectivity index (χ2v) is 8.32. The number of aromatic nitrogens is 1. The molecule has 4 aromatic rings. The van der Waals surface area contributed by atoms with Crippen LogP contribution in [0.15, 0.2) is 71.1 Å². The van der Waals surface area contributed by atoms with Gasteiger partial charge < -0.3 is 9.32 Å². The Balaban J connectivity index is 1.50. The Morgan fingerprint density at radius 2 is 1.82 bits per heavy atom. The molecule has 168 valence electrons. The molecule has 0 spiro atoms. The lowest BCUT2D eigenvalue weighted by atomic mass is 9.99. The van der Waals surface area contributed by atoms with Crippen LogP contribution in [0.3, 0.4) is 0 Å². The number of halogens is 4. The molecule has 1 aliphatic heterocycles. The molecule has 5 rings (SSSR count). The molecule has 0 radical (unpaired) electrons. The van der Waals surface area contributed by atoms with E-state index >= 15 is 0 Å². The van der Waals surface area contributed by atoms with Crippen LogP contribution in [0.5, 0.6) is 0 Å². The highest BCUT2D eigenvalue weighted by Gasteiger charge is 2.35. The van der Waals surface area contributed by atoms with Crippen molar-refractivity contribution >= 4 is 28.6 Å². The zero-order chi connectivity index (χ0) is 23.2. The van der Waals surface area contributed by atoms with E-state index < -0.39 is 11.7 Å². The molecule has 2 heterocycles. The third-order valence-corrected chi connectivity index (χ3v) is 6.18. The standard InChI is InChI=1S/C25H18ClF3N2O2/c26-19-9-4-2-7-17(19)24(32)31-13-5-10-21(31)23-30-20-14-15(11-12-22(20)33-23)16-6-1-3-8-18(16)25(27,28)29/h1-4,6-9,11-12,14,21H,5,10,13H2. The second kappa shape index (κ2) is 8.23. The van der Waals surface area contributed by atoms with Crippen LogP contribution in [-0.2, 0) is 6.18 Å². The van der Waals surface area contributed by atoms with Crippen LogP contribution in [0.2, 0.25) is 5.02 Å². The van der Waals surface area contributed by atoms with Gasteiger partial charge in [-0.3, -0.25) is 4.79 Å². The van der Waals surface area contributed by atoms with Crippen molar-refractivity contribution in [2.45, 2.75) is 25.1 Å². The third kappa shape index (κ3) is 3.97. The molecule has 3 aromatic carbocycles. The number of amides is 1. The summed E-state index contributed by atoms with van der Waals surface area (Å²) >= 11 is 6.21. The first-order valence-corrected chi connectivity index (χ1v) is 10.8. The molecule has 1 saturated heterocycles. The highest BCUT2D eigenvalue weighted by Crippen LogP contribution is 2.39. The lowest BCUT2D eigenvalue weighted by molar-refractivity contribution is -0.137. The molecule has 1 aliphatic rings. The minimum Gasteiger partial charge on any atom is -0.438 e. The van der Waals surface area contributed by atoms with Gasteiger partial charge in [0.15, 0.2) is 5.58 Å². The zero-order valence-corrected chi connectivity index (χ0v) is 18.0. The van der Waals surface area contributed by atoms with E-state index in [9.17, 15) is 18.0 Å². The van der Waals surface area contributed by atoms with E-state index in [-0.39, 0.29) is 17.5 Å². The molecule has 1 fully saturated rings. The van der Waals surface area contributed by atoms with Gasteiger partial charge in [-0.05, 0) is 54.3 Å². The van der Waals surface area contributed by atoms with Crippen LogP contribution in [0, 0.1) is 0 Å². The summed E-state index contributed by atoms with van der Waals surface area (Å²) in [7, 11) is 0. The maximum atomic E-state index is 13.5. The number of fused-ring (bicyclic) bond motifs is 1. The molecule has 1 atom stereocenters. The number of hydrogen-bond acceptors (Lipinski definition) is 3. The van der Waals surface area contributed by atoms with Crippen LogP contribution >= 0.6 is 11.6 Å². The number of carbonyl (C=O) groups is 1. The smallest absolute Gasteiger partial charge is 0.417 e. The minimum absolute atomic E-state index is 0.0767. The molecule has 0 N–H and O–H groups in total. The number of rotatable bonds is 3. The van der Waals surface area contributed by atoms with Crippen LogP contribution in [-0.4, -0.2) is 22.3 Å². The highest BCUT2D eigenvalue weighted by atomic mass is 35.5. The molecular weight excluding hydrogens is 453 g/mol. The van der Waals surface area contributed by atoms with Crippen molar-refractivity contribution in [1.82, 2.24) is 9.88 Å². The van der Waals surface area contributed by atoms with E-state index in [1.807, 2.05) is 0 Å². The first-order chi connectivity index (χ1) is 15.8. The maximum absolute atomic E-state index is 13.5. The van der Waals surface area contributed by atoms with Crippen LogP contribution in [0.4, 0.5) is 13.2 Å². The topological polar surface area (TPSA) is 46.3 Å². The van der Waals surface area contributed by atoms with Crippen molar-refractivity contribution in [3.05, 3.63) is 88.8 Å². The van der Waals surface area contributed by atoms with Gasteiger partial charge in [-0.25, -0.2) is 4.98 Å². The Bertz CT molecular complexity index is 1350. The summed E-state index contributed by atoms with van der Waals surface area (Å²) < 4.78 is 46.3. The molecule has 0 aliphatic carbocycles. The summed E-state index contributed by atoms with van der Waals surface area (Å²) in [5, 5.41) is 0.374. The molecule has 8 heteroatoms. The summed E-state index contributed by atoms with van der Waals surface area (Å²) in [5.74, 6) is 0.161. The maximum Gasteiger partial charge on any atom is 0.417 e. The Hall–Kier alpha value is -3.32. The van der Waals surface area contributed by atoms with Gasteiger partial charge in [0.05, 0.1) is 16.1 Å². The fourth-order valence-corrected chi connectivity index (χ4v) is 4.51. The lowest BCUT2D eigenvalue weighted by Gasteiger charge is -2.22. The molecule has 1 unspecified atom stereocenters. The fourth-order valence-electron chi connectivity index (χ4n) is 4.29. The molecular formula is C25H18ClF3N2O2. The Morgan fingerprint density at radius 1 is 1.06 bits per heavy atom. The van der Waals surface area contributed by atoms with Crippen molar-refractivity contribution < 1.29 is 22.4 Å². The Kier molecular flexibility index (Phi) is 5.37. The van der Waals surface area contributed by atoms with Crippen molar-refractivity contribution in [2.75, 3.05) is 6.54 Å². The van der Waals surface area contributed by atoms with Crippen LogP contribution < -0.4 is 0 Å². The molecule has 4 nitrogen and oxygen atoms in total. The summed E-state index contributed by atoms with van der Waals surface area (Å²) in [4.78, 5) is 19.3. The van der Waals surface area contributed by atoms with Gasteiger partial charge in [0, 0.05) is 6.54 Å². The van der Waals surface area contributed by atoms with Gasteiger partial charge in [-0.1, -0.05) is 48.0 Å². The minimum atomic E-state index is -4.47. The van der Waals surface area contributed by atoms with Gasteiger partial charge in [0.1, 0.15) is 11.6 Å². The van der Waals surface area contributed by atoms with E-state index in [0.717, 1.165) is 12.5 Å². The Morgan fingerprint density at radius 3 is 2.61 bits per heavy atom. The average Bonchev–Trinajstić information content (AvgIpc) is 3.45. The van der Waals surface area contributed by atoms with Crippen molar-refractivity contribution in [2.24, 2.45) is 0 Å². The van der Waals surface area contributed by atoms with E-state index in [1.54, 1.807) is 53.4 Å². The van der Waals surface area contributed by atoms with Gasteiger partial charge in [0.2, 0.25) is 5.89 Å². The summed E-state index contributed by atoms with van der Waals surface area (Å²) in [5.41, 5.74) is 1.07. The largest absolute Gasteiger partial charge is 0.438 e. The van der Waals surface area contributed by atoms with E-state index in [4.69, 9.17) is 16.0 Å². The van der Waals surface area contributed by atoms with Gasteiger partial charge in [-0.15, -0.1) is 0 Å². The average molecular weight is 471 g/mol. The van der Waals surface area contributed by atoms with Crippen molar-refractivity contribution in [3.63, 3.8) is 0 Å². The van der Waals surface area contributed by atoms with E-state index in [0.29, 0.717) is 46.1 Å². The molecule has 1 amide bonds. The van der Waals surface area contributed by atoms with Gasteiger partial charge >= 0.3 is 6.18 Å². The first kappa shape index (κ1) is 21.5. The summed E-state index contributed by atoms with van der Waals surface area (Å²) in [6.45, 7) is 0.539. The number of benzene rings is 3. The number of carbonyl (C=O) groups excluding carboxylic acids is 1. The number of alkyl halides is 3. The van der Waals surface area contributed by atoms with E-state index in [2.05, 4.69) is 4.98 Å². The fraction of sp³-hybridized carbons (Fsp3) is 0.200. The van der Waals surface area contributed by atoms with Gasteiger partial charge in [-0.2, -0.15) is 13.2 Å². The monoisotopic (exact) mass is 470 g/mol. The van der Waals surface area contributed by atoms with Crippen molar-refractivity contribution in [1.29, 1.82) is 0 Å². The second-order valence-electron chi connectivity index (χ2n) is 7.91. The van der Waals surface area contributed by atoms with Crippen LogP contribution in [0.25, 0.3) is 22.2 Å².